The van der Waals surface area contributed by atoms with Gasteiger partial charge >= 0.3 is 0 Å². The number of amides is 1. The summed E-state index contributed by atoms with van der Waals surface area (Å²) >= 11 is 1.71. The summed E-state index contributed by atoms with van der Waals surface area (Å²) in [5.74, 6) is 0.220. The van der Waals surface area contributed by atoms with Crippen LogP contribution in [0.5, 0.6) is 0 Å². The van der Waals surface area contributed by atoms with E-state index in [1.165, 1.54) is 5.69 Å². The fourth-order valence-corrected chi connectivity index (χ4v) is 3.52. The van der Waals surface area contributed by atoms with Crippen LogP contribution in [0, 0.1) is 6.92 Å². The minimum Gasteiger partial charge on any atom is -0.352 e. The molecule has 2 aliphatic rings. The Labute approximate surface area is 105 Å². The molecule has 0 unspecified atom stereocenters. The Kier molecular flexibility index (Phi) is 2.88. The number of carbonyl (C=O) groups is 1. The number of thiazole rings is 1. The summed E-state index contributed by atoms with van der Waals surface area (Å²) in [6.07, 6.45) is 2.76. The van der Waals surface area contributed by atoms with Gasteiger partial charge < -0.3 is 5.32 Å². The molecule has 2 saturated heterocycles. The second-order valence-electron chi connectivity index (χ2n) is 4.90. The van der Waals surface area contributed by atoms with Crippen molar-refractivity contribution >= 4 is 17.2 Å². The van der Waals surface area contributed by atoms with Gasteiger partial charge in [0.2, 0.25) is 5.91 Å². The Morgan fingerprint density at radius 1 is 1.59 bits per heavy atom. The highest BCUT2D eigenvalue weighted by atomic mass is 32.1. The zero-order valence-corrected chi connectivity index (χ0v) is 10.8. The molecule has 0 aromatic carbocycles. The number of hydrogen-bond acceptors (Lipinski definition) is 4. The maximum absolute atomic E-state index is 11.3. The van der Waals surface area contributed by atoms with Crippen LogP contribution in [-0.4, -0.2) is 34.4 Å². The summed E-state index contributed by atoms with van der Waals surface area (Å²) in [5.41, 5.74) is 1.17. The number of piperidine rings is 1. The van der Waals surface area contributed by atoms with Crippen molar-refractivity contribution < 1.29 is 4.79 Å². The Morgan fingerprint density at radius 3 is 3.24 bits per heavy atom. The van der Waals surface area contributed by atoms with Crippen molar-refractivity contribution in [2.45, 2.75) is 44.8 Å². The molecule has 1 amide bonds. The van der Waals surface area contributed by atoms with Crippen LogP contribution in [0.2, 0.25) is 0 Å². The molecule has 17 heavy (non-hydrogen) atoms. The molecule has 4 nitrogen and oxygen atoms in total. The number of rotatable bonds is 2. The number of fused-ring (bicyclic) bond motifs is 1. The molecule has 92 valence electrons. The molecule has 0 radical (unpaired) electrons. The number of aryl methyl sites for hydroxylation is 1. The Morgan fingerprint density at radius 2 is 2.47 bits per heavy atom. The summed E-state index contributed by atoms with van der Waals surface area (Å²) in [4.78, 5) is 18.3. The monoisotopic (exact) mass is 251 g/mol. The lowest BCUT2D eigenvalue weighted by molar-refractivity contribution is -0.124. The number of carbonyl (C=O) groups excluding carboxylic acids is 1. The molecule has 2 fully saturated rings. The smallest absolute Gasteiger partial charge is 0.220 e. The number of likely N-dealkylation sites (tertiary alicyclic amines) is 1. The molecule has 5 heteroatoms. The lowest BCUT2D eigenvalue weighted by Crippen LogP contribution is -2.49. The standard InChI is InChI=1S/C12H17N3OS/c1-8-13-9(7-17-8)6-15-5-4-10-11(15)2-3-12(16)14-10/h7,10-11H,2-6H2,1H3,(H,14,16)/t10-,11+/m1/s1. The summed E-state index contributed by atoms with van der Waals surface area (Å²) in [5, 5.41) is 6.38. The fourth-order valence-electron chi connectivity index (χ4n) is 2.91. The molecule has 0 spiro atoms. The molecule has 2 atom stereocenters. The Hall–Kier alpha value is -0.940. The third kappa shape index (κ3) is 2.21. The topological polar surface area (TPSA) is 45.2 Å². The third-order valence-electron chi connectivity index (χ3n) is 3.71. The molecule has 0 aliphatic carbocycles. The third-order valence-corrected chi connectivity index (χ3v) is 4.53. The van der Waals surface area contributed by atoms with Crippen LogP contribution in [-0.2, 0) is 11.3 Å². The minimum atomic E-state index is 0.220. The molecule has 0 saturated carbocycles. The van der Waals surface area contributed by atoms with Crippen molar-refractivity contribution in [3.8, 4) is 0 Å². The van der Waals surface area contributed by atoms with E-state index in [0.29, 0.717) is 18.5 Å². The van der Waals surface area contributed by atoms with E-state index in [-0.39, 0.29) is 5.91 Å². The predicted octanol–water partition coefficient (Wildman–Crippen LogP) is 1.30. The van der Waals surface area contributed by atoms with E-state index in [4.69, 9.17) is 0 Å². The van der Waals surface area contributed by atoms with Crippen molar-refractivity contribution in [3.05, 3.63) is 16.1 Å². The lowest BCUT2D eigenvalue weighted by atomic mass is 9.99. The van der Waals surface area contributed by atoms with Gasteiger partial charge in [0, 0.05) is 37.0 Å². The number of nitrogens with one attached hydrogen (secondary N) is 1. The van der Waals surface area contributed by atoms with Crippen molar-refractivity contribution in [2.24, 2.45) is 0 Å². The fraction of sp³-hybridized carbons (Fsp3) is 0.667. The molecule has 0 bridgehead atoms. The van der Waals surface area contributed by atoms with E-state index in [2.05, 4.69) is 20.6 Å². The first-order chi connectivity index (χ1) is 8.22. The molecule has 2 aliphatic heterocycles. The highest BCUT2D eigenvalue weighted by molar-refractivity contribution is 7.09. The minimum absolute atomic E-state index is 0.220. The first-order valence-corrected chi connectivity index (χ1v) is 7.05. The van der Waals surface area contributed by atoms with E-state index < -0.39 is 0 Å². The van der Waals surface area contributed by atoms with Gasteiger partial charge in [-0.2, -0.15) is 0 Å². The Bertz CT molecular complexity index is 431. The van der Waals surface area contributed by atoms with E-state index in [0.717, 1.165) is 30.9 Å². The predicted molar refractivity (Wildman–Crippen MR) is 66.8 cm³/mol. The molecular formula is C12H17N3OS. The molecule has 1 N–H and O–H groups in total. The zero-order valence-electron chi connectivity index (χ0n) is 9.98. The highest BCUT2D eigenvalue weighted by Crippen LogP contribution is 2.27. The van der Waals surface area contributed by atoms with Gasteiger partial charge in [0.05, 0.1) is 10.7 Å². The van der Waals surface area contributed by atoms with E-state index >= 15 is 0 Å². The van der Waals surface area contributed by atoms with Gasteiger partial charge in [-0.05, 0) is 19.8 Å². The van der Waals surface area contributed by atoms with Crippen LogP contribution in [0.4, 0.5) is 0 Å². The van der Waals surface area contributed by atoms with Crippen molar-refractivity contribution in [1.29, 1.82) is 0 Å². The van der Waals surface area contributed by atoms with Gasteiger partial charge in [0.1, 0.15) is 0 Å². The SMILES string of the molecule is Cc1nc(CN2CC[C@H]3NC(=O)CC[C@@H]32)cs1. The van der Waals surface area contributed by atoms with Gasteiger partial charge in [-0.1, -0.05) is 0 Å². The normalized spacial score (nSPS) is 29.1. The second kappa shape index (κ2) is 4.38. The number of nitrogens with zero attached hydrogens (tertiary/aromatic N) is 2. The first-order valence-electron chi connectivity index (χ1n) is 6.17. The maximum Gasteiger partial charge on any atom is 0.220 e. The molecule has 3 rings (SSSR count). The van der Waals surface area contributed by atoms with E-state index in [1.54, 1.807) is 11.3 Å². The highest BCUT2D eigenvalue weighted by Gasteiger charge is 2.37. The van der Waals surface area contributed by atoms with Crippen molar-refractivity contribution in [1.82, 2.24) is 15.2 Å². The van der Waals surface area contributed by atoms with Gasteiger partial charge in [-0.15, -0.1) is 11.3 Å². The average Bonchev–Trinajstić information content (AvgIpc) is 2.86. The molecule has 3 heterocycles. The van der Waals surface area contributed by atoms with Crippen molar-refractivity contribution in [3.63, 3.8) is 0 Å². The van der Waals surface area contributed by atoms with Crippen LogP contribution in [0.1, 0.15) is 30.0 Å². The van der Waals surface area contributed by atoms with Gasteiger partial charge in [0.25, 0.3) is 0 Å². The quantitative estimate of drug-likeness (QED) is 0.862. The summed E-state index contributed by atoms with van der Waals surface area (Å²) in [7, 11) is 0. The lowest BCUT2D eigenvalue weighted by Gasteiger charge is -2.31. The summed E-state index contributed by atoms with van der Waals surface area (Å²) < 4.78 is 0. The zero-order chi connectivity index (χ0) is 11.8. The average molecular weight is 251 g/mol. The van der Waals surface area contributed by atoms with Gasteiger partial charge in [0.15, 0.2) is 0 Å². The molecular weight excluding hydrogens is 234 g/mol. The van der Waals surface area contributed by atoms with Crippen LogP contribution >= 0.6 is 11.3 Å². The second-order valence-corrected chi connectivity index (χ2v) is 5.96. The van der Waals surface area contributed by atoms with Crippen LogP contribution in [0.15, 0.2) is 5.38 Å². The number of hydrogen-bond donors (Lipinski definition) is 1. The van der Waals surface area contributed by atoms with Crippen LogP contribution < -0.4 is 5.32 Å². The first kappa shape index (κ1) is 11.2. The maximum atomic E-state index is 11.3. The Balaban J connectivity index is 1.67. The van der Waals surface area contributed by atoms with E-state index in [1.807, 2.05) is 6.92 Å². The number of aromatic nitrogens is 1. The molecule has 1 aromatic heterocycles. The summed E-state index contributed by atoms with van der Waals surface area (Å²) in [6.45, 7) is 4.05. The summed E-state index contributed by atoms with van der Waals surface area (Å²) in [6, 6.07) is 0.894. The van der Waals surface area contributed by atoms with Crippen molar-refractivity contribution in [2.75, 3.05) is 6.54 Å². The van der Waals surface area contributed by atoms with Gasteiger partial charge in [-0.25, -0.2) is 4.98 Å². The molecule has 1 aromatic rings. The van der Waals surface area contributed by atoms with Crippen LogP contribution in [0.25, 0.3) is 0 Å². The largest absolute Gasteiger partial charge is 0.352 e. The van der Waals surface area contributed by atoms with E-state index in [9.17, 15) is 4.79 Å². The van der Waals surface area contributed by atoms with Crippen LogP contribution in [0.3, 0.4) is 0 Å². The van der Waals surface area contributed by atoms with Gasteiger partial charge in [-0.3, -0.25) is 9.69 Å².